The summed E-state index contributed by atoms with van der Waals surface area (Å²) in [5, 5.41) is 32.5. The molecule has 2 aromatic carbocycles. The molecule has 0 spiro atoms. The summed E-state index contributed by atoms with van der Waals surface area (Å²) in [6, 6.07) is 9.10. The Balaban J connectivity index is 1.98. The van der Waals surface area contributed by atoms with Crippen LogP contribution in [0.2, 0.25) is 0 Å². The average molecular weight is 452 g/mol. The molecule has 0 unspecified atom stereocenters. The number of nitro groups is 1. The Kier molecular flexibility index (Phi) is 7.77. The minimum atomic E-state index is -4.13. The van der Waals surface area contributed by atoms with Gasteiger partial charge in [-0.2, -0.15) is 0 Å². The zero-order valence-corrected chi connectivity index (χ0v) is 17.0. The lowest BCUT2D eigenvalue weighted by Gasteiger charge is -2.22. The highest BCUT2D eigenvalue weighted by Gasteiger charge is 2.26. The lowest BCUT2D eigenvalue weighted by atomic mass is 10.0. The number of aliphatic hydroxyl groups is 2. The molecule has 2 atom stereocenters. The zero-order chi connectivity index (χ0) is 23.2. The molecule has 0 aromatic heterocycles. The SMILES string of the molecule is Cc1ccc(S(=O)(=O)NNC(=O)C(=O)N[C@H](CO)[C@H](O)c2ccc([N+](=O)[O-])cc2)cc1. The number of sulfonamides is 1. The molecule has 0 radical (unpaired) electrons. The van der Waals surface area contributed by atoms with E-state index in [4.69, 9.17) is 0 Å². The maximum atomic E-state index is 12.1. The van der Waals surface area contributed by atoms with Crippen molar-refractivity contribution in [1.82, 2.24) is 15.6 Å². The quantitative estimate of drug-likeness (QED) is 0.200. The van der Waals surface area contributed by atoms with Gasteiger partial charge in [0.25, 0.3) is 15.7 Å². The van der Waals surface area contributed by atoms with E-state index < -0.39 is 45.5 Å². The average Bonchev–Trinajstić information content (AvgIpc) is 2.75. The molecule has 0 heterocycles. The van der Waals surface area contributed by atoms with E-state index in [-0.39, 0.29) is 16.1 Å². The van der Waals surface area contributed by atoms with Gasteiger partial charge in [0.05, 0.1) is 22.5 Å². The number of carbonyl (C=O) groups excluding carboxylic acids is 2. The van der Waals surface area contributed by atoms with Crippen LogP contribution in [0.4, 0.5) is 5.69 Å². The summed E-state index contributed by atoms with van der Waals surface area (Å²) in [6.07, 6.45) is -1.49. The van der Waals surface area contributed by atoms with Crippen LogP contribution in [-0.2, 0) is 19.6 Å². The van der Waals surface area contributed by atoms with Gasteiger partial charge in [-0.1, -0.05) is 17.7 Å². The number of nitrogens with one attached hydrogen (secondary N) is 3. The van der Waals surface area contributed by atoms with Gasteiger partial charge < -0.3 is 15.5 Å². The Morgan fingerprint density at radius 3 is 2.16 bits per heavy atom. The summed E-state index contributed by atoms with van der Waals surface area (Å²) < 4.78 is 24.3. The minimum Gasteiger partial charge on any atom is -0.394 e. The van der Waals surface area contributed by atoms with Crippen molar-refractivity contribution in [3.63, 3.8) is 0 Å². The van der Waals surface area contributed by atoms with Crippen LogP contribution in [0.1, 0.15) is 17.2 Å². The van der Waals surface area contributed by atoms with E-state index in [1.807, 2.05) is 0 Å². The molecule has 5 N–H and O–H groups in total. The van der Waals surface area contributed by atoms with Crippen LogP contribution in [0.15, 0.2) is 53.4 Å². The molecule has 0 saturated carbocycles. The molecule has 0 aliphatic heterocycles. The third-order valence-corrected chi connectivity index (χ3v) is 5.44. The third-order valence-electron chi connectivity index (χ3n) is 4.18. The van der Waals surface area contributed by atoms with Crippen molar-refractivity contribution in [2.24, 2.45) is 0 Å². The Bertz CT molecular complexity index is 1050. The lowest BCUT2D eigenvalue weighted by molar-refractivity contribution is -0.384. The van der Waals surface area contributed by atoms with Crippen molar-refractivity contribution in [2.45, 2.75) is 24.0 Å². The molecule has 2 amide bonds. The highest BCUT2D eigenvalue weighted by atomic mass is 32.2. The van der Waals surface area contributed by atoms with Crippen molar-refractivity contribution in [2.75, 3.05) is 6.61 Å². The fourth-order valence-electron chi connectivity index (χ4n) is 2.43. The standard InChI is InChI=1S/C18H20N4O8S/c1-11-2-8-14(9-3-11)31(29,30)21-20-18(26)17(25)19-15(10-23)16(24)12-4-6-13(7-5-12)22(27)28/h2-9,15-16,21,23-24H,10H2,1H3,(H,19,25)(H,20,26)/t15-,16-/m1/s1. The molecule has 166 valence electrons. The molecule has 0 aliphatic carbocycles. The van der Waals surface area contributed by atoms with Crippen molar-refractivity contribution in [3.05, 3.63) is 69.8 Å². The third kappa shape index (κ3) is 6.29. The minimum absolute atomic E-state index is 0.138. The largest absolute Gasteiger partial charge is 0.394 e. The van der Waals surface area contributed by atoms with Gasteiger partial charge in [-0.3, -0.25) is 25.1 Å². The van der Waals surface area contributed by atoms with Gasteiger partial charge in [0, 0.05) is 12.1 Å². The fraction of sp³-hybridized carbons (Fsp3) is 0.222. The number of hydrogen-bond acceptors (Lipinski definition) is 8. The molecule has 12 nitrogen and oxygen atoms in total. The Labute approximate surface area is 177 Å². The van der Waals surface area contributed by atoms with E-state index in [9.17, 15) is 38.3 Å². The number of benzene rings is 2. The summed E-state index contributed by atoms with van der Waals surface area (Å²) in [6.45, 7) is 0.991. The molecular weight excluding hydrogens is 432 g/mol. The monoisotopic (exact) mass is 452 g/mol. The zero-order valence-electron chi connectivity index (χ0n) is 16.2. The van der Waals surface area contributed by atoms with Gasteiger partial charge in [-0.05, 0) is 36.8 Å². The second-order valence-corrected chi connectivity index (χ2v) is 8.11. The first-order chi connectivity index (χ1) is 14.5. The molecule has 13 heteroatoms. The number of rotatable bonds is 8. The van der Waals surface area contributed by atoms with E-state index in [1.165, 1.54) is 24.3 Å². The number of carbonyl (C=O) groups is 2. The van der Waals surface area contributed by atoms with Crippen LogP contribution in [0.5, 0.6) is 0 Å². The topological polar surface area (TPSA) is 188 Å². The summed E-state index contributed by atoms with van der Waals surface area (Å²) in [7, 11) is -4.13. The normalized spacial score (nSPS) is 13.1. The fourth-order valence-corrected chi connectivity index (χ4v) is 3.27. The molecule has 0 bridgehead atoms. The summed E-state index contributed by atoms with van der Waals surface area (Å²) in [4.78, 5) is 35.6. The smallest absolute Gasteiger partial charge is 0.324 e. The highest BCUT2D eigenvalue weighted by molar-refractivity contribution is 7.89. The predicted octanol–water partition coefficient (Wildman–Crippen LogP) is -0.577. The molecule has 31 heavy (non-hydrogen) atoms. The number of nitrogens with zero attached hydrogens (tertiary/aromatic N) is 1. The Morgan fingerprint density at radius 1 is 1.06 bits per heavy atom. The van der Waals surface area contributed by atoms with Crippen LogP contribution < -0.4 is 15.6 Å². The molecule has 0 aliphatic rings. The molecule has 0 fully saturated rings. The van der Waals surface area contributed by atoms with Crippen LogP contribution in [0.3, 0.4) is 0 Å². The number of amides is 2. The summed E-state index contributed by atoms with van der Waals surface area (Å²) >= 11 is 0. The number of nitro benzene ring substituents is 1. The number of aliphatic hydroxyl groups excluding tert-OH is 2. The van der Waals surface area contributed by atoms with E-state index in [2.05, 4.69) is 5.32 Å². The Hall–Kier alpha value is -3.39. The number of hydrazine groups is 1. The first-order valence-electron chi connectivity index (χ1n) is 8.77. The van der Waals surface area contributed by atoms with Crippen LogP contribution >= 0.6 is 0 Å². The predicted molar refractivity (Wildman–Crippen MR) is 107 cm³/mol. The highest BCUT2D eigenvalue weighted by Crippen LogP contribution is 2.20. The van der Waals surface area contributed by atoms with E-state index in [1.54, 1.807) is 29.3 Å². The van der Waals surface area contributed by atoms with Crippen molar-refractivity contribution < 1.29 is 33.1 Å². The first-order valence-corrected chi connectivity index (χ1v) is 10.3. The van der Waals surface area contributed by atoms with Gasteiger partial charge in [0.15, 0.2) is 0 Å². The molecule has 2 aromatic rings. The van der Waals surface area contributed by atoms with Gasteiger partial charge in [0.2, 0.25) is 0 Å². The van der Waals surface area contributed by atoms with Crippen LogP contribution in [-0.4, -0.2) is 48.0 Å². The number of aryl methyl sites for hydroxylation is 1. The maximum Gasteiger partial charge on any atom is 0.324 e. The van der Waals surface area contributed by atoms with Gasteiger partial charge in [0.1, 0.15) is 6.10 Å². The van der Waals surface area contributed by atoms with E-state index in [0.29, 0.717) is 0 Å². The van der Waals surface area contributed by atoms with Crippen molar-refractivity contribution in [1.29, 1.82) is 0 Å². The Morgan fingerprint density at radius 2 is 1.65 bits per heavy atom. The second-order valence-electron chi connectivity index (χ2n) is 6.43. The maximum absolute atomic E-state index is 12.1. The molecule has 0 saturated heterocycles. The van der Waals surface area contributed by atoms with Crippen LogP contribution in [0.25, 0.3) is 0 Å². The summed E-state index contributed by atoms with van der Waals surface area (Å²) in [5.74, 6) is -2.71. The molecular formula is C18H20N4O8S. The van der Waals surface area contributed by atoms with Crippen molar-refractivity contribution >= 4 is 27.5 Å². The summed E-state index contributed by atoms with van der Waals surface area (Å²) in [5.41, 5.74) is 2.48. The van der Waals surface area contributed by atoms with E-state index >= 15 is 0 Å². The second kappa shape index (κ2) is 10.1. The van der Waals surface area contributed by atoms with Gasteiger partial charge in [-0.15, -0.1) is 4.83 Å². The van der Waals surface area contributed by atoms with Crippen LogP contribution in [0, 0.1) is 17.0 Å². The van der Waals surface area contributed by atoms with Gasteiger partial charge in [-0.25, -0.2) is 8.42 Å². The van der Waals surface area contributed by atoms with Crippen molar-refractivity contribution in [3.8, 4) is 0 Å². The van der Waals surface area contributed by atoms with Gasteiger partial charge >= 0.3 is 11.8 Å². The molecule has 2 rings (SSSR count). The first kappa shape index (κ1) is 23.9. The van der Waals surface area contributed by atoms with E-state index in [0.717, 1.165) is 17.7 Å². The number of hydrogen-bond donors (Lipinski definition) is 5. The lowest BCUT2D eigenvalue weighted by Crippen LogP contribution is -2.52. The number of non-ortho nitro benzene ring substituents is 1.